The Morgan fingerprint density at radius 1 is 1.24 bits per heavy atom. The second-order valence-corrected chi connectivity index (χ2v) is 6.00. The number of methoxy groups -OCH3 is 1. The molecule has 0 saturated heterocycles. The monoisotopic (exact) mass is 352 g/mol. The number of carboxylic acid groups (broad SMARTS) is 1. The van der Waals surface area contributed by atoms with Crippen molar-refractivity contribution in [1.29, 1.82) is 0 Å². The molecule has 0 saturated carbocycles. The highest BCUT2D eigenvalue weighted by Crippen LogP contribution is 2.28. The zero-order valence-corrected chi connectivity index (χ0v) is 14.6. The molecule has 1 aromatic carbocycles. The van der Waals surface area contributed by atoms with E-state index in [1.54, 1.807) is 0 Å². The minimum atomic E-state index is -0.943. The SMILES string of the molecule is COc1cc(C(=O)NCC(CC(C)C)C(=O)O)ccc1OCC(N)=O. The van der Waals surface area contributed by atoms with Crippen molar-refractivity contribution in [3.05, 3.63) is 23.8 Å². The van der Waals surface area contributed by atoms with E-state index >= 15 is 0 Å². The third-order valence-electron chi connectivity index (χ3n) is 3.41. The summed E-state index contributed by atoms with van der Waals surface area (Å²) in [5, 5.41) is 11.8. The molecule has 1 rings (SSSR count). The normalized spacial score (nSPS) is 11.7. The molecule has 0 aliphatic heterocycles. The van der Waals surface area contributed by atoms with Crippen LogP contribution in [0, 0.1) is 11.8 Å². The zero-order valence-electron chi connectivity index (χ0n) is 14.6. The van der Waals surface area contributed by atoms with E-state index in [2.05, 4.69) is 5.32 Å². The molecule has 8 heteroatoms. The summed E-state index contributed by atoms with van der Waals surface area (Å²) in [5.74, 6) is -1.89. The van der Waals surface area contributed by atoms with Gasteiger partial charge in [0.15, 0.2) is 18.1 Å². The predicted octanol–water partition coefficient (Wildman–Crippen LogP) is 1.04. The maximum Gasteiger partial charge on any atom is 0.308 e. The average molecular weight is 352 g/mol. The molecule has 2 amide bonds. The summed E-state index contributed by atoms with van der Waals surface area (Å²) in [6.45, 7) is 3.58. The smallest absolute Gasteiger partial charge is 0.308 e. The van der Waals surface area contributed by atoms with E-state index in [1.165, 1.54) is 25.3 Å². The highest BCUT2D eigenvalue weighted by Gasteiger charge is 2.20. The van der Waals surface area contributed by atoms with Crippen LogP contribution in [0.2, 0.25) is 0 Å². The number of hydrogen-bond acceptors (Lipinski definition) is 5. The van der Waals surface area contributed by atoms with Gasteiger partial charge in [-0.25, -0.2) is 0 Å². The molecule has 0 spiro atoms. The number of benzene rings is 1. The van der Waals surface area contributed by atoms with Crippen LogP contribution in [0.3, 0.4) is 0 Å². The van der Waals surface area contributed by atoms with Gasteiger partial charge in [-0.15, -0.1) is 0 Å². The highest BCUT2D eigenvalue weighted by atomic mass is 16.5. The van der Waals surface area contributed by atoms with Crippen LogP contribution in [-0.4, -0.2) is 43.2 Å². The van der Waals surface area contributed by atoms with Crippen LogP contribution in [0.4, 0.5) is 0 Å². The standard InChI is InChI=1S/C17H24N2O6/c1-10(2)6-12(17(22)23)8-19-16(21)11-4-5-13(14(7-11)24-3)25-9-15(18)20/h4-5,7,10,12H,6,8-9H2,1-3H3,(H2,18,20)(H,19,21)(H,22,23). The summed E-state index contributed by atoms with van der Waals surface area (Å²) < 4.78 is 10.3. The molecule has 0 heterocycles. The van der Waals surface area contributed by atoms with Gasteiger partial charge in [-0.1, -0.05) is 13.8 Å². The fraction of sp³-hybridized carbons (Fsp3) is 0.471. The van der Waals surface area contributed by atoms with Crippen molar-refractivity contribution in [3.63, 3.8) is 0 Å². The summed E-state index contributed by atoms with van der Waals surface area (Å²) in [6.07, 6.45) is 0.471. The quantitative estimate of drug-likeness (QED) is 0.577. The molecule has 1 aromatic rings. The lowest BCUT2D eigenvalue weighted by atomic mass is 9.97. The number of carbonyl (C=O) groups excluding carboxylic acids is 2. The number of carboxylic acids is 1. The maximum atomic E-state index is 12.2. The van der Waals surface area contributed by atoms with Crippen LogP contribution in [0.5, 0.6) is 11.5 Å². The molecule has 25 heavy (non-hydrogen) atoms. The Balaban J connectivity index is 2.77. The van der Waals surface area contributed by atoms with Gasteiger partial charge in [0.2, 0.25) is 0 Å². The van der Waals surface area contributed by atoms with Gasteiger partial charge >= 0.3 is 5.97 Å². The Bertz CT molecular complexity index is 630. The Morgan fingerprint density at radius 3 is 2.44 bits per heavy atom. The number of aliphatic carboxylic acids is 1. The summed E-state index contributed by atoms with van der Waals surface area (Å²) in [6, 6.07) is 4.43. The largest absolute Gasteiger partial charge is 0.493 e. The Hall–Kier alpha value is -2.77. The topological polar surface area (TPSA) is 128 Å². The van der Waals surface area contributed by atoms with Crippen LogP contribution < -0.4 is 20.5 Å². The van der Waals surface area contributed by atoms with E-state index in [4.69, 9.17) is 15.2 Å². The second kappa shape index (κ2) is 9.51. The summed E-state index contributed by atoms with van der Waals surface area (Å²) in [7, 11) is 1.40. The third-order valence-corrected chi connectivity index (χ3v) is 3.41. The number of hydrogen-bond donors (Lipinski definition) is 3. The van der Waals surface area contributed by atoms with Crippen molar-refractivity contribution in [1.82, 2.24) is 5.32 Å². The molecule has 0 fully saturated rings. The van der Waals surface area contributed by atoms with E-state index in [-0.39, 0.29) is 36.1 Å². The number of rotatable bonds is 10. The third kappa shape index (κ3) is 6.70. The summed E-state index contributed by atoms with van der Waals surface area (Å²) >= 11 is 0. The van der Waals surface area contributed by atoms with Crippen LogP contribution >= 0.6 is 0 Å². The molecule has 0 radical (unpaired) electrons. The van der Waals surface area contributed by atoms with E-state index in [0.29, 0.717) is 6.42 Å². The minimum absolute atomic E-state index is 0.0363. The van der Waals surface area contributed by atoms with E-state index < -0.39 is 23.7 Å². The van der Waals surface area contributed by atoms with Gasteiger partial charge in [0.1, 0.15) is 0 Å². The van der Waals surface area contributed by atoms with Crippen LogP contribution in [-0.2, 0) is 9.59 Å². The number of amides is 2. The molecule has 1 unspecified atom stereocenters. The molecule has 138 valence electrons. The molecule has 0 aromatic heterocycles. The van der Waals surface area contributed by atoms with Crippen LogP contribution in [0.25, 0.3) is 0 Å². The zero-order chi connectivity index (χ0) is 19.0. The number of carbonyl (C=O) groups is 3. The number of primary amides is 1. The molecule has 0 aliphatic rings. The van der Waals surface area contributed by atoms with Crippen molar-refractivity contribution in [3.8, 4) is 11.5 Å². The molecular formula is C17H24N2O6. The number of nitrogens with one attached hydrogen (secondary N) is 1. The Labute approximate surface area is 146 Å². The molecule has 8 nitrogen and oxygen atoms in total. The first kappa shape index (κ1) is 20.3. The van der Waals surface area contributed by atoms with Gasteiger partial charge in [-0.2, -0.15) is 0 Å². The Morgan fingerprint density at radius 2 is 1.92 bits per heavy atom. The Kier molecular flexibility index (Phi) is 7.71. The van der Waals surface area contributed by atoms with Crippen LogP contribution in [0.1, 0.15) is 30.6 Å². The van der Waals surface area contributed by atoms with Crippen molar-refractivity contribution in [2.75, 3.05) is 20.3 Å². The van der Waals surface area contributed by atoms with Crippen molar-refractivity contribution < 1.29 is 29.0 Å². The van der Waals surface area contributed by atoms with Crippen LogP contribution in [0.15, 0.2) is 18.2 Å². The van der Waals surface area contributed by atoms with Crippen molar-refractivity contribution in [2.45, 2.75) is 20.3 Å². The van der Waals surface area contributed by atoms with Gasteiger partial charge in [0, 0.05) is 12.1 Å². The second-order valence-electron chi connectivity index (χ2n) is 6.00. The highest BCUT2D eigenvalue weighted by molar-refractivity contribution is 5.95. The lowest BCUT2D eigenvalue weighted by molar-refractivity contribution is -0.142. The fourth-order valence-corrected chi connectivity index (χ4v) is 2.24. The van der Waals surface area contributed by atoms with Gasteiger partial charge in [0.25, 0.3) is 11.8 Å². The lowest BCUT2D eigenvalue weighted by Gasteiger charge is -2.16. The minimum Gasteiger partial charge on any atom is -0.493 e. The average Bonchev–Trinajstić information content (AvgIpc) is 2.55. The fourth-order valence-electron chi connectivity index (χ4n) is 2.24. The first-order valence-electron chi connectivity index (χ1n) is 7.84. The number of nitrogens with two attached hydrogens (primary N) is 1. The van der Waals surface area contributed by atoms with Crippen molar-refractivity contribution >= 4 is 17.8 Å². The predicted molar refractivity (Wildman–Crippen MR) is 90.6 cm³/mol. The first-order chi connectivity index (χ1) is 11.7. The lowest BCUT2D eigenvalue weighted by Crippen LogP contribution is -2.33. The van der Waals surface area contributed by atoms with E-state index in [1.807, 2.05) is 13.8 Å². The van der Waals surface area contributed by atoms with E-state index in [9.17, 15) is 19.5 Å². The van der Waals surface area contributed by atoms with E-state index in [0.717, 1.165) is 0 Å². The first-order valence-corrected chi connectivity index (χ1v) is 7.84. The van der Waals surface area contributed by atoms with Crippen molar-refractivity contribution in [2.24, 2.45) is 17.6 Å². The molecule has 0 bridgehead atoms. The molecule has 0 aliphatic carbocycles. The molecule has 1 atom stereocenters. The van der Waals surface area contributed by atoms with Gasteiger partial charge in [-0.3, -0.25) is 14.4 Å². The molecule has 4 N–H and O–H groups in total. The summed E-state index contributed by atoms with van der Waals surface area (Å²) in [5.41, 5.74) is 5.31. The number of ether oxygens (including phenoxy) is 2. The summed E-state index contributed by atoms with van der Waals surface area (Å²) in [4.78, 5) is 34.2. The van der Waals surface area contributed by atoms with Gasteiger partial charge < -0.3 is 25.6 Å². The van der Waals surface area contributed by atoms with Gasteiger partial charge in [-0.05, 0) is 30.5 Å². The van der Waals surface area contributed by atoms with Gasteiger partial charge in [0.05, 0.1) is 13.0 Å². The maximum absolute atomic E-state index is 12.2. The molecular weight excluding hydrogens is 328 g/mol.